The molecule has 0 aromatic rings. The number of nitrogens with one attached hydrogen (secondary N) is 1. The van der Waals surface area contributed by atoms with Crippen molar-refractivity contribution in [2.24, 2.45) is 0 Å². The lowest BCUT2D eigenvalue weighted by Gasteiger charge is -2.17. The highest BCUT2D eigenvalue weighted by Gasteiger charge is 1.97. The van der Waals surface area contributed by atoms with Gasteiger partial charge in [0.15, 0.2) is 0 Å². The van der Waals surface area contributed by atoms with Crippen LogP contribution in [0.4, 0.5) is 0 Å². The van der Waals surface area contributed by atoms with Crippen LogP contribution in [-0.2, 0) is 0 Å². The van der Waals surface area contributed by atoms with Crippen LogP contribution in [0.5, 0.6) is 0 Å². The molecule has 0 bridgehead atoms. The molecule has 1 N–H and O–H groups in total. The lowest BCUT2D eigenvalue weighted by atomic mass is 10.2. The zero-order valence-electron chi connectivity index (χ0n) is 9.60. The zero-order chi connectivity index (χ0) is 9.94. The second-order valence-corrected chi connectivity index (χ2v) is 3.54. The quantitative estimate of drug-likeness (QED) is 0.555. The van der Waals surface area contributed by atoms with Crippen LogP contribution in [0, 0.1) is 0 Å². The Balaban J connectivity index is 3.05. The molecule has 80 valence electrons. The topological polar surface area (TPSA) is 15.3 Å². The van der Waals surface area contributed by atoms with Gasteiger partial charge in [0.25, 0.3) is 0 Å². The highest BCUT2D eigenvalue weighted by Crippen LogP contribution is 2.00. The third kappa shape index (κ3) is 8.26. The van der Waals surface area contributed by atoms with E-state index in [9.17, 15) is 0 Å². The Morgan fingerprint density at radius 1 is 0.923 bits per heavy atom. The fourth-order valence-corrected chi connectivity index (χ4v) is 1.53. The molecule has 0 aromatic carbocycles. The fraction of sp³-hybridized carbons (Fsp3) is 1.00. The molecule has 0 rings (SSSR count). The minimum Gasteiger partial charge on any atom is -0.320 e. The highest BCUT2D eigenvalue weighted by molar-refractivity contribution is 4.53. The van der Waals surface area contributed by atoms with Crippen LogP contribution in [0.15, 0.2) is 0 Å². The van der Waals surface area contributed by atoms with E-state index in [1.165, 1.54) is 51.9 Å². The van der Waals surface area contributed by atoms with Crippen molar-refractivity contribution in [3.8, 4) is 0 Å². The molecule has 2 heteroatoms. The van der Waals surface area contributed by atoms with Crippen LogP contribution < -0.4 is 5.32 Å². The van der Waals surface area contributed by atoms with Gasteiger partial charge in [-0.25, -0.2) is 0 Å². The Kier molecular flexibility index (Phi) is 9.94. The minimum atomic E-state index is 1.17. The molecule has 0 amide bonds. The average Bonchev–Trinajstić information content (AvgIpc) is 2.17. The lowest BCUT2D eigenvalue weighted by molar-refractivity contribution is 0.295. The van der Waals surface area contributed by atoms with Gasteiger partial charge >= 0.3 is 0 Å². The van der Waals surface area contributed by atoms with Gasteiger partial charge in [0.2, 0.25) is 0 Å². The van der Waals surface area contributed by atoms with Crippen molar-refractivity contribution in [1.29, 1.82) is 0 Å². The summed E-state index contributed by atoms with van der Waals surface area (Å²) in [4.78, 5) is 2.50. The molecule has 0 aliphatic rings. The Bertz CT molecular complexity index is 90.1. The van der Waals surface area contributed by atoms with E-state index >= 15 is 0 Å². The van der Waals surface area contributed by atoms with E-state index in [1.807, 2.05) is 7.05 Å². The summed E-state index contributed by atoms with van der Waals surface area (Å²) in [5.41, 5.74) is 0. The SMILES string of the molecule is CCN(CC)CCCCCCNC. The van der Waals surface area contributed by atoms with E-state index in [4.69, 9.17) is 0 Å². The Labute approximate surface area is 83.7 Å². The monoisotopic (exact) mass is 186 g/mol. The standard InChI is InChI=1S/C11H26N2/c1-4-13(5-2)11-9-7-6-8-10-12-3/h12H,4-11H2,1-3H3. The summed E-state index contributed by atoms with van der Waals surface area (Å²) in [7, 11) is 2.02. The van der Waals surface area contributed by atoms with Gasteiger partial charge < -0.3 is 10.2 Å². The first kappa shape index (κ1) is 12.9. The van der Waals surface area contributed by atoms with Gasteiger partial charge in [0.1, 0.15) is 0 Å². The van der Waals surface area contributed by atoms with Crippen molar-refractivity contribution in [1.82, 2.24) is 10.2 Å². The first-order chi connectivity index (χ1) is 6.35. The normalized spacial score (nSPS) is 11.1. The molecule has 0 spiro atoms. The van der Waals surface area contributed by atoms with Crippen LogP contribution >= 0.6 is 0 Å². The molecular formula is C11H26N2. The second-order valence-electron chi connectivity index (χ2n) is 3.54. The summed E-state index contributed by atoms with van der Waals surface area (Å²) in [6.07, 6.45) is 5.46. The molecule has 0 aliphatic carbocycles. The molecule has 2 nitrogen and oxygen atoms in total. The minimum absolute atomic E-state index is 1.17. The summed E-state index contributed by atoms with van der Waals surface area (Å²) in [5.74, 6) is 0. The van der Waals surface area contributed by atoms with E-state index in [2.05, 4.69) is 24.1 Å². The van der Waals surface area contributed by atoms with Crippen molar-refractivity contribution in [3.05, 3.63) is 0 Å². The third-order valence-electron chi connectivity index (χ3n) is 2.55. The maximum Gasteiger partial charge on any atom is -0.00190 e. The maximum atomic E-state index is 3.18. The molecule has 0 saturated heterocycles. The molecule has 0 saturated carbocycles. The van der Waals surface area contributed by atoms with Gasteiger partial charge in [-0.05, 0) is 46.1 Å². The summed E-state index contributed by atoms with van der Waals surface area (Å²) < 4.78 is 0. The number of hydrogen-bond donors (Lipinski definition) is 1. The molecule has 0 aliphatic heterocycles. The second kappa shape index (κ2) is 10.0. The highest BCUT2D eigenvalue weighted by atomic mass is 15.1. The smallest absolute Gasteiger partial charge is 0.00190 e. The first-order valence-electron chi connectivity index (χ1n) is 5.72. The number of unbranched alkanes of at least 4 members (excludes halogenated alkanes) is 3. The Morgan fingerprint density at radius 3 is 2.08 bits per heavy atom. The van der Waals surface area contributed by atoms with Crippen LogP contribution in [0.3, 0.4) is 0 Å². The maximum absolute atomic E-state index is 3.18. The van der Waals surface area contributed by atoms with E-state index in [1.54, 1.807) is 0 Å². The molecule has 0 fully saturated rings. The summed E-state index contributed by atoms with van der Waals surface area (Å²) in [6.45, 7) is 9.34. The first-order valence-corrected chi connectivity index (χ1v) is 5.72. The van der Waals surface area contributed by atoms with Crippen LogP contribution in [0.25, 0.3) is 0 Å². The molecular weight excluding hydrogens is 160 g/mol. The average molecular weight is 186 g/mol. The van der Waals surface area contributed by atoms with Crippen molar-refractivity contribution in [2.75, 3.05) is 33.2 Å². The van der Waals surface area contributed by atoms with Gasteiger partial charge in [-0.2, -0.15) is 0 Å². The number of rotatable bonds is 9. The molecule has 0 aromatic heterocycles. The van der Waals surface area contributed by atoms with Crippen molar-refractivity contribution in [2.45, 2.75) is 39.5 Å². The van der Waals surface area contributed by atoms with E-state index in [0.29, 0.717) is 0 Å². The van der Waals surface area contributed by atoms with Gasteiger partial charge in [-0.3, -0.25) is 0 Å². The lowest BCUT2D eigenvalue weighted by Crippen LogP contribution is -2.23. The number of hydrogen-bond acceptors (Lipinski definition) is 2. The van der Waals surface area contributed by atoms with Crippen molar-refractivity contribution >= 4 is 0 Å². The molecule has 0 atom stereocenters. The van der Waals surface area contributed by atoms with E-state index < -0.39 is 0 Å². The van der Waals surface area contributed by atoms with Crippen LogP contribution in [0.1, 0.15) is 39.5 Å². The van der Waals surface area contributed by atoms with Gasteiger partial charge in [-0.1, -0.05) is 26.7 Å². The van der Waals surface area contributed by atoms with Crippen molar-refractivity contribution in [3.63, 3.8) is 0 Å². The van der Waals surface area contributed by atoms with Gasteiger partial charge in [-0.15, -0.1) is 0 Å². The van der Waals surface area contributed by atoms with Crippen molar-refractivity contribution < 1.29 is 0 Å². The fourth-order valence-electron chi connectivity index (χ4n) is 1.53. The summed E-state index contributed by atoms with van der Waals surface area (Å²) >= 11 is 0. The summed E-state index contributed by atoms with van der Waals surface area (Å²) in [5, 5.41) is 3.18. The van der Waals surface area contributed by atoms with E-state index in [0.717, 1.165) is 0 Å². The summed E-state index contributed by atoms with van der Waals surface area (Å²) in [6, 6.07) is 0. The largest absolute Gasteiger partial charge is 0.320 e. The molecule has 0 unspecified atom stereocenters. The molecule has 13 heavy (non-hydrogen) atoms. The Hall–Kier alpha value is -0.0800. The molecule has 0 heterocycles. The third-order valence-corrected chi connectivity index (χ3v) is 2.55. The van der Waals surface area contributed by atoms with Crippen LogP contribution in [0.2, 0.25) is 0 Å². The van der Waals surface area contributed by atoms with Gasteiger partial charge in [0.05, 0.1) is 0 Å². The van der Waals surface area contributed by atoms with E-state index in [-0.39, 0.29) is 0 Å². The predicted molar refractivity (Wildman–Crippen MR) is 60.2 cm³/mol. The molecule has 0 radical (unpaired) electrons. The Morgan fingerprint density at radius 2 is 1.54 bits per heavy atom. The zero-order valence-corrected chi connectivity index (χ0v) is 9.60. The van der Waals surface area contributed by atoms with Gasteiger partial charge in [0, 0.05) is 0 Å². The van der Waals surface area contributed by atoms with Crippen LogP contribution in [-0.4, -0.2) is 38.1 Å². The predicted octanol–water partition coefficient (Wildman–Crippen LogP) is 2.11. The number of nitrogens with zero attached hydrogens (tertiary/aromatic N) is 1.